The summed E-state index contributed by atoms with van der Waals surface area (Å²) in [5, 5.41) is 4.83. The van der Waals surface area contributed by atoms with Crippen LogP contribution in [0.25, 0.3) is 0 Å². The summed E-state index contributed by atoms with van der Waals surface area (Å²) in [5.41, 5.74) is 1.20. The minimum Gasteiger partial charge on any atom is -0.309 e. The summed E-state index contributed by atoms with van der Waals surface area (Å²) in [4.78, 5) is 5.86. The molecule has 2 rings (SSSR count). The van der Waals surface area contributed by atoms with Crippen LogP contribution in [0.5, 0.6) is 0 Å². The highest BCUT2D eigenvalue weighted by molar-refractivity contribution is 7.99. The maximum atomic E-state index is 4.45. The molecular weight excluding hydrogens is 224 g/mol. The molecule has 0 saturated carbocycles. The van der Waals surface area contributed by atoms with Gasteiger partial charge in [-0.1, -0.05) is 0 Å². The third-order valence-electron chi connectivity index (χ3n) is 2.77. The molecule has 1 aromatic heterocycles. The van der Waals surface area contributed by atoms with E-state index in [0.717, 1.165) is 12.6 Å². The minimum atomic E-state index is 0.730. The molecule has 0 spiro atoms. The smallest absolute Gasteiger partial charge is 0.0900 e. The second-order valence-corrected chi connectivity index (χ2v) is 6.52. The lowest BCUT2D eigenvalue weighted by molar-refractivity contribution is 0.483. The van der Waals surface area contributed by atoms with Crippen molar-refractivity contribution in [1.29, 1.82) is 0 Å². The molecule has 0 bridgehead atoms. The average molecular weight is 242 g/mol. The highest BCUT2D eigenvalue weighted by atomic mass is 32.2. The van der Waals surface area contributed by atoms with Crippen molar-refractivity contribution in [3.8, 4) is 0 Å². The largest absolute Gasteiger partial charge is 0.309 e. The fourth-order valence-electron chi connectivity index (χ4n) is 1.88. The van der Waals surface area contributed by atoms with Crippen LogP contribution in [0.15, 0.2) is 0 Å². The van der Waals surface area contributed by atoms with E-state index in [0.29, 0.717) is 0 Å². The van der Waals surface area contributed by atoms with Gasteiger partial charge in [0.05, 0.1) is 10.7 Å². The molecule has 4 heteroatoms. The van der Waals surface area contributed by atoms with Crippen LogP contribution in [0.4, 0.5) is 0 Å². The van der Waals surface area contributed by atoms with E-state index in [1.807, 2.05) is 11.3 Å². The Kier molecular flexibility index (Phi) is 4.05. The van der Waals surface area contributed by atoms with Crippen LogP contribution in [-0.2, 0) is 6.54 Å². The fraction of sp³-hybridized carbons (Fsp3) is 0.727. The Morgan fingerprint density at radius 2 is 2.07 bits per heavy atom. The van der Waals surface area contributed by atoms with Crippen LogP contribution in [0.1, 0.15) is 28.4 Å². The van der Waals surface area contributed by atoms with Crippen LogP contribution >= 0.6 is 23.1 Å². The number of rotatable bonds is 3. The highest BCUT2D eigenvalue weighted by Crippen LogP contribution is 2.20. The standard InChI is InChI=1S/C11H18N2S2/c1-8-11(15-9(2)13-8)7-12-10-3-5-14-6-4-10/h10,12H,3-7H2,1-2H3. The number of aromatic nitrogens is 1. The van der Waals surface area contributed by atoms with Gasteiger partial charge in [-0.15, -0.1) is 11.3 Å². The first-order valence-electron chi connectivity index (χ1n) is 5.50. The lowest BCUT2D eigenvalue weighted by Crippen LogP contribution is -2.31. The predicted molar refractivity (Wildman–Crippen MR) is 68.8 cm³/mol. The van der Waals surface area contributed by atoms with E-state index in [4.69, 9.17) is 0 Å². The summed E-state index contributed by atoms with van der Waals surface area (Å²) in [6, 6.07) is 0.730. The summed E-state index contributed by atoms with van der Waals surface area (Å²) in [7, 11) is 0. The van der Waals surface area contributed by atoms with Gasteiger partial charge in [-0.05, 0) is 38.2 Å². The second kappa shape index (κ2) is 5.32. The van der Waals surface area contributed by atoms with Crippen molar-refractivity contribution in [2.75, 3.05) is 11.5 Å². The van der Waals surface area contributed by atoms with Crippen molar-refractivity contribution in [1.82, 2.24) is 10.3 Å². The molecular formula is C11H18N2S2. The molecule has 0 aliphatic carbocycles. The van der Waals surface area contributed by atoms with Gasteiger partial charge in [0.25, 0.3) is 0 Å². The summed E-state index contributed by atoms with van der Waals surface area (Å²) in [5.74, 6) is 2.64. The minimum absolute atomic E-state index is 0.730. The van der Waals surface area contributed by atoms with E-state index in [-0.39, 0.29) is 0 Å². The van der Waals surface area contributed by atoms with Gasteiger partial charge in [0, 0.05) is 17.5 Å². The Morgan fingerprint density at radius 3 is 2.67 bits per heavy atom. The molecule has 1 saturated heterocycles. The fourth-order valence-corrected chi connectivity index (χ4v) is 3.87. The molecule has 1 aliphatic rings. The Morgan fingerprint density at radius 1 is 1.33 bits per heavy atom. The number of nitrogens with zero attached hydrogens (tertiary/aromatic N) is 1. The zero-order valence-corrected chi connectivity index (χ0v) is 11.0. The third-order valence-corrected chi connectivity index (χ3v) is 4.89. The Hall–Kier alpha value is -0.0600. The molecule has 0 atom stereocenters. The van der Waals surface area contributed by atoms with Crippen LogP contribution in [0.3, 0.4) is 0 Å². The first-order valence-corrected chi connectivity index (χ1v) is 7.47. The maximum Gasteiger partial charge on any atom is 0.0900 e. The molecule has 1 N–H and O–H groups in total. The Labute approximate surface area is 99.9 Å². The van der Waals surface area contributed by atoms with Gasteiger partial charge < -0.3 is 5.32 Å². The zero-order chi connectivity index (χ0) is 10.7. The van der Waals surface area contributed by atoms with Gasteiger partial charge in [0.2, 0.25) is 0 Å². The van der Waals surface area contributed by atoms with E-state index in [1.54, 1.807) is 0 Å². The number of thiazole rings is 1. The number of hydrogen-bond acceptors (Lipinski definition) is 4. The number of nitrogens with one attached hydrogen (secondary N) is 1. The van der Waals surface area contributed by atoms with Gasteiger partial charge in [-0.3, -0.25) is 0 Å². The van der Waals surface area contributed by atoms with Crippen molar-refractivity contribution in [2.24, 2.45) is 0 Å². The van der Waals surface area contributed by atoms with Crippen LogP contribution < -0.4 is 5.32 Å². The molecule has 1 fully saturated rings. The molecule has 1 aromatic rings. The van der Waals surface area contributed by atoms with Gasteiger partial charge >= 0.3 is 0 Å². The molecule has 84 valence electrons. The van der Waals surface area contributed by atoms with Crippen molar-refractivity contribution < 1.29 is 0 Å². The van der Waals surface area contributed by atoms with E-state index in [1.165, 1.54) is 39.9 Å². The van der Waals surface area contributed by atoms with Crippen LogP contribution in [-0.4, -0.2) is 22.5 Å². The highest BCUT2D eigenvalue weighted by Gasteiger charge is 2.13. The Bertz CT molecular complexity index is 316. The average Bonchev–Trinajstić information content (AvgIpc) is 2.56. The van der Waals surface area contributed by atoms with Crippen LogP contribution in [0.2, 0.25) is 0 Å². The van der Waals surface area contributed by atoms with Crippen molar-refractivity contribution >= 4 is 23.1 Å². The molecule has 0 unspecified atom stereocenters. The molecule has 0 radical (unpaired) electrons. The number of aryl methyl sites for hydroxylation is 2. The van der Waals surface area contributed by atoms with Crippen molar-refractivity contribution in [2.45, 2.75) is 39.3 Å². The van der Waals surface area contributed by atoms with Gasteiger partial charge in [-0.25, -0.2) is 4.98 Å². The number of hydrogen-bond donors (Lipinski definition) is 1. The lowest BCUT2D eigenvalue weighted by Gasteiger charge is -2.22. The Balaban J connectivity index is 1.84. The molecule has 15 heavy (non-hydrogen) atoms. The molecule has 0 aromatic carbocycles. The van der Waals surface area contributed by atoms with E-state index < -0.39 is 0 Å². The van der Waals surface area contributed by atoms with Crippen molar-refractivity contribution in [3.63, 3.8) is 0 Å². The quantitative estimate of drug-likeness (QED) is 0.882. The summed E-state index contributed by atoms with van der Waals surface area (Å²) in [6.45, 7) is 5.20. The maximum absolute atomic E-state index is 4.45. The molecule has 2 nitrogen and oxygen atoms in total. The first kappa shape index (κ1) is 11.4. The molecule has 0 amide bonds. The molecule has 2 heterocycles. The predicted octanol–water partition coefficient (Wildman–Crippen LogP) is 2.75. The first-order chi connectivity index (χ1) is 7.25. The lowest BCUT2D eigenvalue weighted by atomic mass is 10.1. The summed E-state index contributed by atoms with van der Waals surface area (Å²) >= 11 is 3.90. The van der Waals surface area contributed by atoms with Gasteiger partial charge in [0.1, 0.15) is 0 Å². The van der Waals surface area contributed by atoms with Gasteiger partial charge in [-0.2, -0.15) is 11.8 Å². The van der Waals surface area contributed by atoms with Crippen molar-refractivity contribution in [3.05, 3.63) is 15.6 Å². The normalized spacial score (nSPS) is 18.3. The monoisotopic (exact) mass is 242 g/mol. The SMILES string of the molecule is Cc1nc(C)c(CNC2CCSCC2)s1. The zero-order valence-electron chi connectivity index (χ0n) is 9.38. The molecule has 1 aliphatic heterocycles. The second-order valence-electron chi connectivity index (χ2n) is 4.01. The summed E-state index contributed by atoms with van der Waals surface area (Å²) < 4.78 is 0. The third kappa shape index (κ3) is 3.20. The van der Waals surface area contributed by atoms with E-state index in [2.05, 4.69) is 35.9 Å². The van der Waals surface area contributed by atoms with Crippen LogP contribution in [0, 0.1) is 13.8 Å². The summed E-state index contributed by atoms with van der Waals surface area (Å²) in [6.07, 6.45) is 2.64. The topological polar surface area (TPSA) is 24.9 Å². The number of thioether (sulfide) groups is 1. The van der Waals surface area contributed by atoms with Gasteiger partial charge in [0.15, 0.2) is 0 Å². The van der Waals surface area contributed by atoms with E-state index in [9.17, 15) is 0 Å². The van der Waals surface area contributed by atoms with E-state index >= 15 is 0 Å².